The van der Waals surface area contributed by atoms with Gasteiger partial charge < -0.3 is 9.71 Å². The lowest BCUT2D eigenvalue weighted by atomic mass is 10.0. The van der Waals surface area contributed by atoms with Gasteiger partial charge in [-0.25, -0.2) is 9.98 Å². The fourth-order valence-electron chi connectivity index (χ4n) is 2.54. The summed E-state index contributed by atoms with van der Waals surface area (Å²) in [7, 11) is 1.05. The van der Waals surface area contributed by atoms with E-state index in [9.17, 15) is 8.63 Å². The first-order chi connectivity index (χ1) is 13.1. The van der Waals surface area contributed by atoms with Gasteiger partial charge in [-0.3, -0.25) is 13.6 Å². The molecule has 0 aliphatic carbocycles. The Kier molecular flexibility index (Phi) is 5.75. The van der Waals surface area contributed by atoms with Crippen molar-refractivity contribution in [3.63, 3.8) is 0 Å². The molecule has 5 nitrogen and oxygen atoms in total. The van der Waals surface area contributed by atoms with Crippen LogP contribution >= 0.6 is 0 Å². The molecule has 3 aromatic rings. The first-order valence-electron chi connectivity index (χ1n) is 8.31. The van der Waals surface area contributed by atoms with Crippen LogP contribution in [0.1, 0.15) is 5.56 Å². The van der Waals surface area contributed by atoms with E-state index in [-0.39, 0.29) is 11.7 Å². The van der Waals surface area contributed by atoms with Crippen molar-refractivity contribution in [3.8, 4) is 0 Å². The number of nitrogens with zero attached hydrogens (tertiary/aromatic N) is 5. The second-order valence-corrected chi connectivity index (χ2v) is 5.92. The van der Waals surface area contributed by atoms with E-state index < -0.39 is 7.40 Å². The quantitative estimate of drug-likeness (QED) is 0.389. The molecule has 136 valence electrons. The molecule has 0 aliphatic rings. The maximum atomic E-state index is 14.0. The molecule has 0 bridgehead atoms. The average molecular weight is 365 g/mol. The molecule has 27 heavy (non-hydrogen) atoms. The van der Waals surface area contributed by atoms with Crippen molar-refractivity contribution in [1.29, 1.82) is 0 Å². The molecule has 3 rings (SSSR count). The monoisotopic (exact) mass is 365 g/mol. The SMILES string of the molecule is CN(C)c1ccc(C(=Nc2cnccn2)N(B(F)F)c2ccccc2)cc1. The van der Waals surface area contributed by atoms with Gasteiger partial charge in [-0.2, -0.15) is 0 Å². The first kappa shape index (κ1) is 18.5. The van der Waals surface area contributed by atoms with Crippen LogP contribution < -0.4 is 9.71 Å². The molecule has 0 radical (unpaired) electrons. The van der Waals surface area contributed by atoms with Gasteiger partial charge in [0.1, 0.15) is 5.84 Å². The Hall–Kier alpha value is -3.29. The van der Waals surface area contributed by atoms with Crippen LogP contribution in [-0.2, 0) is 0 Å². The first-order valence-corrected chi connectivity index (χ1v) is 8.31. The second-order valence-electron chi connectivity index (χ2n) is 5.92. The third kappa shape index (κ3) is 4.47. The minimum absolute atomic E-state index is 0.0991. The number of para-hydroxylation sites is 1. The lowest BCUT2D eigenvalue weighted by Gasteiger charge is -2.24. The molecular formula is C19H18BF2N5. The highest BCUT2D eigenvalue weighted by molar-refractivity contribution is 6.56. The summed E-state index contributed by atoms with van der Waals surface area (Å²) >= 11 is 0. The van der Waals surface area contributed by atoms with Crippen LogP contribution in [0.4, 0.5) is 25.8 Å². The van der Waals surface area contributed by atoms with Crippen molar-refractivity contribution in [1.82, 2.24) is 9.97 Å². The molecule has 1 heterocycles. The maximum absolute atomic E-state index is 14.0. The van der Waals surface area contributed by atoms with Gasteiger partial charge in [-0.05, 0) is 36.4 Å². The van der Waals surface area contributed by atoms with Crippen molar-refractivity contribution < 1.29 is 8.63 Å². The maximum Gasteiger partial charge on any atom is 0.679 e. The molecule has 0 aliphatic heterocycles. The van der Waals surface area contributed by atoms with Crippen LogP contribution in [0.2, 0.25) is 0 Å². The molecule has 0 spiro atoms. The van der Waals surface area contributed by atoms with E-state index in [1.54, 1.807) is 42.5 Å². The molecule has 0 amide bonds. The molecule has 0 atom stereocenters. The number of aromatic nitrogens is 2. The van der Waals surface area contributed by atoms with Crippen LogP contribution in [0.25, 0.3) is 0 Å². The van der Waals surface area contributed by atoms with Crippen molar-refractivity contribution in [3.05, 3.63) is 78.8 Å². The Morgan fingerprint density at radius 1 is 0.926 bits per heavy atom. The Bertz CT molecular complexity index is 887. The topological polar surface area (TPSA) is 44.6 Å². The molecule has 0 saturated heterocycles. The zero-order chi connectivity index (χ0) is 19.2. The highest BCUT2D eigenvalue weighted by atomic mass is 19.2. The number of halogens is 2. The summed E-state index contributed by atoms with van der Waals surface area (Å²) in [6, 6.07) is 15.7. The van der Waals surface area contributed by atoms with Gasteiger partial charge in [0.15, 0.2) is 5.82 Å². The Labute approximate surface area is 157 Å². The normalized spacial score (nSPS) is 11.2. The van der Waals surface area contributed by atoms with E-state index in [0.29, 0.717) is 11.3 Å². The predicted octanol–water partition coefficient (Wildman–Crippen LogP) is 4.05. The molecule has 0 fully saturated rings. The minimum atomic E-state index is -2.78. The highest BCUT2D eigenvalue weighted by Crippen LogP contribution is 2.23. The Morgan fingerprint density at radius 2 is 1.63 bits per heavy atom. The number of rotatable bonds is 5. The Balaban J connectivity index is 2.13. The summed E-state index contributed by atoms with van der Waals surface area (Å²) in [6.45, 7) is 0. The molecule has 0 N–H and O–H groups in total. The summed E-state index contributed by atoms with van der Waals surface area (Å²) in [5, 5.41) is 0. The van der Waals surface area contributed by atoms with E-state index in [0.717, 1.165) is 10.5 Å². The van der Waals surface area contributed by atoms with Gasteiger partial charge in [0.25, 0.3) is 0 Å². The van der Waals surface area contributed by atoms with Crippen molar-refractivity contribution in [2.45, 2.75) is 0 Å². The second kappa shape index (κ2) is 8.40. The lowest BCUT2D eigenvalue weighted by Crippen LogP contribution is -2.39. The summed E-state index contributed by atoms with van der Waals surface area (Å²) in [4.78, 5) is 15.3. The standard InChI is InChI=1S/C19H18BF2N5/c1-26(2)16-10-8-15(9-11-16)19(25-18-14-23-12-13-24-18)27(20(21)22)17-6-4-3-5-7-17/h3-14H,1-2H3. The lowest BCUT2D eigenvalue weighted by molar-refractivity contribution is 0.659. The number of hydrogen-bond donors (Lipinski definition) is 0. The summed E-state index contributed by atoms with van der Waals surface area (Å²) in [5.74, 6) is 0.354. The van der Waals surface area contributed by atoms with Crippen LogP contribution in [0.15, 0.2) is 78.2 Å². The molecular weight excluding hydrogens is 347 g/mol. The van der Waals surface area contributed by atoms with Crippen LogP contribution in [-0.4, -0.2) is 37.3 Å². The van der Waals surface area contributed by atoms with Gasteiger partial charge in [0, 0.05) is 43.4 Å². The van der Waals surface area contributed by atoms with E-state index >= 15 is 0 Å². The van der Waals surface area contributed by atoms with E-state index in [4.69, 9.17) is 0 Å². The smallest absolute Gasteiger partial charge is 0.378 e. The molecule has 2 aromatic carbocycles. The van der Waals surface area contributed by atoms with Gasteiger partial charge >= 0.3 is 7.40 Å². The van der Waals surface area contributed by atoms with Crippen LogP contribution in [0.5, 0.6) is 0 Å². The van der Waals surface area contributed by atoms with Crippen LogP contribution in [0, 0.1) is 0 Å². The van der Waals surface area contributed by atoms with Crippen LogP contribution in [0.3, 0.4) is 0 Å². The average Bonchev–Trinajstić information content (AvgIpc) is 2.69. The number of benzene rings is 2. The van der Waals surface area contributed by atoms with E-state index in [1.807, 2.05) is 31.1 Å². The summed E-state index contributed by atoms with van der Waals surface area (Å²) in [6.07, 6.45) is 4.41. The number of anilines is 2. The Morgan fingerprint density at radius 3 is 2.19 bits per heavy atom. The number of aliphatic imine (C=N–C) groups is 1. The summed E-state index contributed by atoms with van der Waals surface area (Å²) in [5.41, 5.74) is 1.85. The number of hydrogen-bond acceptors (Lipinski definition) is 4. The molecule has 8 heteroatoms. The molecule has 1 aromatic heterocycles. The summed E-state index contributed by atoms with van der Waals surface area (Å²) < 4.78 is 28.1. The van der Waals surface area contributed by atoms with Gasteiger partial charge in [-0.15, -0.1) is 0 Å². The zero-order valence-corrected chi connectivity index (χ0v) is 15.0. The fraction of sp³-hybridized carbons (Fsp3) is 0.105. The minimum Gasteiger partial charge on any atom is -0.378 e. The van der Waals surface area contributed by atoms with Crippen molar-refractivity contribution in [2.24, 2.45) is 4.99 Å². The van der Waals surface area contributed by atoms with E-state index in [2.05, 4.69) is 15.0 Å². The molecule has 0 unspecified atom stereocenters. The zero-order valence-electron chi connectivity index (χ0n) is 15.0. The van der Waals surface area contributed by atoms with Gasteiger partial charge in [0.05, 0.1) is 6.20 Å². The largest absolute Gasteiger partial charge is 0.679 e. The third-order valence-electron chi connectivity index (χ3n) is 3.87. The highest BCUT2D eigenvalue weighted by Gasteiger charge is 2.31. The third-order valence-corrected chi connectivity index (χ3v) is 3.87. The van der Waals surface area contributed by atoms with Crippen molar-refractivity contribution in [2.75, 3.05) is 23.8 Å². The van der Waals surface area contributed by atoms with Gasteiger partial charge in [0.2, 0.25) is 0 Å². The number of amidine groups is 1. The van der Waals surface area contributed by atoms with E-state index in [1.165, 1.54) is 18.6 Å². The van der Waals surface area contributed by atoms with Gasteiger partial charge in [-0.1, -0.05) is 18.2 Å². The molecule has 0 saturated carbocycles. The predicted molar refractivity (Wildman–Crippen MR) is 106 cm³/mol. The van der Waals surface area contributed by atoms with Crippen molar-refractivity contribution >= 4 is 30.4 Å². The fourth-order valence-corrected chi connectivity index (χ4v) is 2.54.